The fraction of sp³-hybridized carbons (Fsp3) is 0.722. The van der Waals surface area contributed by atoms with Gasteiger partial charge >= 0.3 is 5.97 Å². The Morgan fingerprint density at radius 1 is 1.33 bits per heavy atom. The standard InChI is InChI=1S/C18H27N3O3/c1-5-24-18(23)15-8-14(15)9-21(17(22)13-6-7-13)10-16-11(2)19-20(4)12(16)3/h13-15H,5-10H2,1-4H3/t14-,15+/m0/s1. The van der Waals surface area contributed by atoms with Gasteiger partial charge in [0.25, 0.3) is 0 Å². The van der Waals surface area contributed by atoms with E-state index in [1.165, 1.54) is 0 Å². The maximum Gasteiger partial charge on any atom is 0.309 e. The number of hydrogen-bond donors (Lipinski definition) is 0. The molecule has 24 heavy (non-hydrogen) atoms. The number of aryl methyl sites for hydroxylation is 2. The zero-order valence-electron chi connectivity index (χ0n) is 15.0. The van der Waals surface area contributed by atoms with Gasteiger partial charge in [0.2, 0.25) is 5.91 Å². The second kappa shape index (κ2) is 6.57. The number of carbonyl (C=O) groups excluding carboxylic acids is 2. The largest absolute Gasteiger partial charge is 0.466 e. The van der Waals surface area contributed by atoms with E-state index in [0.717, 1.165) is 36.2 Å². The number of hydrogen-bond acceptors (Lipinski definition) is 4. The van der Waals surface area contributed by atoms with Gasteiger partial charge in [-0.2, -0.15) is 5.10 Å². The maximum atomic E-state index is 12.7. The second-order valence-electron chi connectivity index (χ2n) is 7.12. The summed E-state index contributed by atoms with van der Waals surface area (Å²) in [6, 6.07) is 0. The lowest BCUT2D eigenvalue weighted by Crippen LogP contribution is -2.34. The van der Waals surface area contributed by atoms with Gasteiger partial charge in [0.15, 0.2) is 0 Å². The molecule has 6 nitrogen and oxygen atoms in total. The van der Waals surface area contributed by atoms with Gasteiger partial charge in [-0.1, -0.05) is 0 Å². The van der Waals surface area contributed by atoms with Crippen molar-refractivity contribution in [2.45, 2.75) is 46.6 Å². The molecule has 0 bridgehead atoms. The number of nitrogens with zero attached hydrogens (tertiary/aromatic N) is 3. The number of carbonyl (C=O) groups is 2. The van der Waals surface area contributed by atoms with Crippen LogP contribution in [0.2, 0.25) is 0 Å². The maximum absolute atomic E-state index is 12.7. The predicted octanol–water partition coefficient (Wildman–Crippen LogP) is 1.97. The number of ether oxygens (including phenoxy) is 1. The van der Waals surface area contributed by atoms with E-state index >= 15 is 0 Å². The molecule has 2 aliphatic carbocycles. The van der Waals surface area contributed by atoms with E-state index in [4.69, 9.17) is 4.74 Å². The summed E-state index contributed by atoms with van der Waals surface area (Å²) in [6.07, 6.45) is 2.82. The summed E-state index contributed by atoms with van der Waals surface area (Å²) in [6.45, 7) is 7.50. The van der Waals surface area contributed by atoms with Gasteiger partial charge in [-0.05, 0) is 46.0 Å². The summed E-state index contributed by atoms with van der Waals surface area (Å²) in [5.74, 6) is 0.504. The number of esters is 1. The molecule has 132 valence electrons. The molecule has 1 aromatic heterocycles. The molecule has 1 aromatic rings. The minimum atomic E-state index is -0.116. The zero-order chi connectivity index (χ0) is 17.4. The average Bonchev–Trinajstić information content (AvgIpc) is 3.43. The fourth-order valence-corrected chi connectivity index (χ4v) is 3.33. The normalized spacial score (nSPS) is 22.3. The van der Waals surface area contributed by atoms with Gasteiger partial charge in [0.05, 0.1) is 18.2 Å². The summed E-state index contributed by atoms with van der Waals surface area (Å²) in [5, 5.41) is 4.45. The summed E-state index contributed by atoms with van der Waals surface area (Å²) in [5.41, 5.74) is 3.19. The molecule has 0 aliphatic heterocycles. The van der Waals surface area contributed by atoms with Crippen LogP contribution in [-0.4, -0.2) is 39.7 Å². The predicted molar refractivity (Wildman–Crippen MR) is 89.1 cm³/mol. The van der Waals surface area contributed by atoms with Crippen LogP contribution in [-0.2, 0) is 27.9 Å². The van der Waals surface area contributed by atoms with Crippen molar-refractivity contribution in [1.29, 1.82) is 0 Å². The summed E-state index contributed by atoms with van der Waals surface area (Å²) in [4.78, 5) is 26.5. The van der Waals surface area contributed by atoms with Gasteiger partial charge in [-0.25, -0.2) is 0 Å². The molecule has 0 spiro atoms. The Hall–Kier alpha value is -1.85. The lowest BCUT2D eigenvalue weighted by atomic mass is 10.1. The first-order chi connectivity index (χ1) is 11.4. The van der Waals surface area contributed by atoms with Gasteiger partial charge in [0.1, 0.15) is 0 Å². The van der Waals surface area contributed by atoms with E-state index in [9.17, 15) is 9.59 Å². The third-order valence-electron chi connectivity index (χ3n) is 5.21. The van der Waals surface area contributed by atoms with Crippen molar-refractivity contribution in [3.05, 3.63) is 17.0 Å². The Labute approximate surface area is 143 Å². The van der Waals surface area contributed by atoms with Crippen molar-refractivity contribution < 1.29 is 14.3 Å². The highest BCUT2D eigenvalue weighted by atomic mass is 16.5. The Morgan fingerprint density at radius 2 is 2.04 bits per heavy atom. The molecule has 2 aliphatic rings. The molecule has 3 rings (SSSR count). The molecular formula is C18H27N3O3. The van der Waals surface area contributed by atoms with E-state index in [0.29, 0.717) is 19.7 Å². The first-order valence-corrected chi connectivity index (χ1v) is 8.86. The van der Waals surface area contributed by atoms with Crippen molar-refractivity contribution in [1.82, 2.24) is 14.7 Å². The minimum Gasteiger partial charge on any atom is -0.466 e. The highest BCUT2D eigenvalue weighted by molar-refractivity contribution is 5.81. The monoisotopic (exact) mass is 333 g/mol. The van der Waals surface area contributed by atoms with Crippen molar-refractivity contribution in [2.75, 3.05) is 13.2 Å². The highest BCUT2D eigenvalue weighted by Crippen LogP contribution is 2.41. The van der Waals surface area contributed by atoms with Crippen molar-refractivity contribution in [3.63, 3.8) is 0 Å². The first kappa shape index (κ1) is 17.0. The van der Waals surface area contributed by atoms with Crippen LogP contribution in [0.1, 0.15) is 43.1 Å². The lowest BCUT2D eigenvalue weighted by molar-refractivity contribution is -0.145. The summed E-state index contributed by atoms with van der Waals surface area (Å²) in [7, 11) is 1.93. The van der Waals surface area contributed by atoms with Gasteiger partial charge in [-0.15, -0.1) is 0 Å². The summed E-state index contributed by atoms with van der Waals surface area (Å²) >= 11 is 0. The smallest absolute Gasteiger partial charge is 0.309 e. The van der Waals surface area contributed by atoms with E-state index in [2.05, 4.69) is 5.10 Å². The van der Waals surface area contributed by atoms with Crippen LogP contribution in [0, 0.1) is 31.6 Å². The third kappa shape index (κ3) is 3.47. The van der Waals surface area contributed by atoms with Crippen molar-refractivity contribution >= 4 is 11.9 Å². The van der Waals surface area contributed by atoms with E-state index in [1.807, 2.05) is 37.4 Å². The minimum absolute atomic E-state index is 0.0319. The molecule has 1 amide bonds. The first-order valence-electron chi connectivity index (χ1n) is 8.86. The Kier molecular flexibility index (Phi) is 4.65. The molecule has 2 atom stereocenters. The highest BCUT2D eigenvalue weighted by Gasteiger charge is 2.46. The molecular weight excluding hydrogens is 306 g/mol. The second-order valence-corrected chi connectivity index (χ2v) is 7.12. The van der Waals surface area contributed by atoms with Gasteiger partial charge in [0, 0.05) is 37.3 Å². The molecule has 0 radical (unpaired) electrons. The van der Waals surface area contributed by atoms with Crippen LogP contribution in [0.5, 0.6) is 0 Å². The van der Waals surface area contributed by atoms with Crippen LogP contribution in [0.3, 0.4) is 0 Å². The molecule has 2 saturated carbocycles. The van der Waals surface area contributed by atoms with Crippen molar-refractivity contribution in [3.8, 4) is 0 Å². The third-order valence-corrected chi connectivity index (χ3v) is 5.21. The number of rotatable bonds is 7. The van der Waals surface area contributed by atoms with Crippen LogP contribution in [0.4, 0.5) is 0 Å². The zero-order valence-corrected chi connectivity index (χ0v) is 15.0. The Balaban J connectivity index is 1.68. The molecule has 0 N–H and O–H groups in total. The van der Waals surface area contributed by atoms with Gasteiger partial charge in [-0.3, -0.25) is 14.3 Å². The molecule has 0 unspecified atom stereocenters. The van der Waals surface area contributed by atoms with E-state index in [-0.39, 0.29) is 29.6 Å². The van der Waals surface area contributed by atoms with Crippen LogP contribution in [0.15, 0.2) is 0 Å². The van der Waals surface area contributed by atoms with Crippen LogP contribution >= 0.6 is 0 Å². The molecule has 2 fully saturated rings. The van der Waals surface area contributed by atoms with Crippen LogP contribution < -0.4 is 0 Å². The Bertz CT molecular complexity index is 648. The van der Waals surface area contributed by atoms with E-state index in [1.54, 1.807) is 0 Å². The lowest BCUT2D eigenvalue weighted by Gasteiger charge is -2.23. The SMILES string of the molecule is CCOC(=O)[C@@H]1C[C@H]1CN(Cc1c(C)nn(C)c1C)C(=O)C1CC1. The number of aromatic nitrogens is 2. The van der Waals surface area contributed by atoms with Crippen LogP contribution in [0.25, 0.3) is 0 Å². The fourth-order valence-electron chi connectivity index (χ4n) is 3.33. The quantitative estimate of drug-likeness (QED) is 0.716. The molecule has 6 heteroatoms. The Morgan fingerprint density at radius 3 is 2.58 bits per heavy atom. The molecule has 1 heterocycles. The van der Waals surface area contributed by atoms with E-state index < -0.39 is 0 Å². The molecule has 0 aromatic carbocycles. The summed E-state index contributed by atoms with van der Waals surface area (Å²) < 4.78 is 6.97. The average molecular weight is 333 g/mol. The number of amides is 1. The van der Waals surface area contributed by atoms with Crippen molar-refractivity contribution in [2.24, 2.45) is 24.8 Å². The topological polar surface area (TPSA) is 64.4 Å². The van der Waals surface area contributed by atoms with Gasteiger partial charge < -0.3 is 9.64 Å². The molecule has 0 saturated heterocycles.